The van der Waals surface area contributed by atoms with Crippen LogP contribution >= 0.6 is 10.0 Å². The normalized spacial score (nSPS) is 13.3. The third-order valence-corrected chi connectivity index (χ3v) is 4.61. The average Bonchev–Trinajstić information content (AvgIpc) is 2.37. The summed E-state index contributed by atoms with van der Waals surface area (Å²) in [5, 5.41) is 0. The summed E-state index contributed by atoms with van der Waals surface area (Å²) in [6, 6.07) is 8.93. The highest BCUT2D eigenvalue weighted by Gasteiger charge is 2.29. The van der Waals surface area contributed by atoms with Gasteiger partial charge < -0.3 is 0 Å². The lowest BCUT2D eigenvalue weighted by Crippen LogP contribution is -2.04. The predicted molar refractivity (Wildman–Crippen MR) is 78.3 cm³/mol. The van der Waals surface area contributed by atoms with Crippen LogP contribution in [0.15, 0.2) is 47.5 Å². The van der Waals surface area contributed by atoms with Crippen molar-refractivity contribution in [1.82, 2.24) is 4.98 Å². The van der Waals surface area contributed by atoms with Gasteiger partial charge in [0, 0.05) is 16.7 Å². The van der Waals surface area contributed by atoms with E-state index in [2.05, 4.69) is 23.8 Å². The third kappa shape index (κ3) is 3.33. The molecule has 0 radical (unpaired) electrons. The molecule has 5 heteroatoms. The minimum Gasteiger partial charge on any atom is -0.255 e. The van der Waals surface area contributed by atoms with Crippen molar-refractivity contribution >= 4 is 10.0 Å². The number of hydrogen-bond acceptors (Lipinski definition) is 1. The summed E-state index contributed by atoms with van der Waals surface area (Å²) in [5.41, 5.74) is 0.733. The van der Waals surface area contributed by atoms with E-state index in [0.29, 0.717) is 11.3 Å². The second-order valence-corrected chi connectivity index (χ2v) is 9.44. The molecule has 0 saturated carbocycles. The topological polar surface area (TPSA) is 12.9 Å². The highest BCUT2D eigenvalue weighted by Crippen LogP contribution is 2.44. The van der Waals surface area contributed by atoms with Gasteiger partial charge in [-0.2, -0.15) is 13.2 Å². The Labute approximate surface area is 118 Å². The van der Waals surface area contributed by atoms with E-state index in [1.165, 1.54) is 17.0 Å². The second-order valence-electron chi connectivity index (χ2n) is 5.29. The molecule has 0 fully saturated rings. The number of halogens is 3. The summed E-state index contributed by atoms with van der Waals surface area (Å²) in [6.45, 7) is 0. The molecule has 108 valence electrons. The smallest absolute Gasteiger partial charge is 0.255 e. The standard InChI is InChI=1S/C15H16F3NS/c1-20(2,3)13-8-9-14(19-10-13)11-4-6-12(7-5-11)15(16,17)18/h4-10H,1-3H3. The van der Waals surface area contributed by atoms with Crippen LogP contribution in [0.2, 0.25) is 0 Å². The molecule has 2 rings (SSSR count). The van der Waals surface area contributed by atoms with Crippen LogP contribution in [0.25, 0.3) is 11.3 Å². The average molecular weight is 299 g/mol. The number of pyridine rings is 1. The van der Waals surface area contributed by atoms with Gasteiger partial charge in [-0.25, -0.2) is 10.0 Å². The lowest BCUT2D eigenvalue weighted by molar-refractivity contribution is -0.137. The third-order valence-electron chi connectivity index (χ3n) is 2.95. The largest absolute Gasteiger partial charge is 0.416 e. The summed E-state index contributed by atoms with van der Waals surface area (Å²) >= 11 is 0. The number of benzene rings is 1. The van der Waals surface area contributed by atoms with Crippen molar-refractivity contribution in [1.29, 1.82) is 0 Å². The Morgan fingerprint density at radius 3 is 1.90 bits per heavy atom. The van der Waals surface area contributed by atoms with Gasteiger partial charge >= 0.3 is 6.18 Å². The second kappa shape index (κ2) is 5.13. The SMILES string of the molecule is CS(C)(C)c1ccc(-c2ccc(C(F)(F)F)cc2)nc1. The van der Waals surface area contributed by atoms with Crippen LogP contribution in [-0.4, -0.2) is 23.8 Å². The lowest BCUT2D eigenvalue weighted by atomic mass is 10.1. The van der Waals surface area contributed by atoms with Gasteiger partial charge in [-0.1, -0.05) is 12.1 Å². The molecule has 1 aromatic carbocycles. The Hall–Kier alpha value is -1.49. The number of rotatable bonds is 2. The molecule has 0 N–H and O–H groups in total. The first kappa shape index (κ1) is 14.9. The minimum atomic E-state index is -4.30. The molecule has 0 saturated heterocycles. The lowest BCUT2D eigenvalue weighted by Gasteiger charge is -2.25. The van der Waals surface area contributed by atoms with Crippen LogP contribution in [0, 0.1) is 0 Å². The van der Waals surface area contributed by atoms with Crippen LogP contribution in [0.3, 0.4) is 0 Å². The molecule has 0 aliphatic carbocycles. The summed E-state index contributed by atoms with van der Waals surface area (Å²) in [4.78, 5) is 5.52. The molecule has 0 bridgehead atoms. The maximum absolute atomic E-state index is 12.5. The van der Waals surface area contributed by atoms with E-state index < -0.39 is 21.8 Å². The number of alkyl halides is 3. The van der Waals surface area contributed by atoms with Crippen LogP contribution in [0.5, 0.6) is 0 Å². The Balaban J connectivity index is 2.29. The Kier molecular flexibility index (Phi) is 3.82. The molecule has 20 heavy (non-hydrogen) atoms. The first-order valence-electron chi connectivity index (χ1n) is 6.00. The van der Waals surface area contributed by atoms with Crippen LogP contribution in [-0.2, 0) is 6.18 Å². The van der Waals surface area contributed by atoms with Gasteiger partial charge in [0.05, 0.1) is 11.3 Å². The maximum atomic E-state index is 12.5. The van der Waals surface area contributed by atoms with Gasteiger partial charge in [-0.05, 0) is 43.0 Å². The van der Waals surface area contributed by atoms with Crippen LogP contribution < -0.4 is 0 Å². The van der Waals surface area contributed by atoms with Crippen molar-refractivity contribution in [3.8, 4) is 11.3 Å². The minimum absolute atomic E-state index is 0.642. The highest BCUT2D eigenvalue weighted by atomic mass is 32.3. The molecule has 0 unspecified atom stereocenters. The summed E-state index contributed by atoms with van der Waals surface area (Å²) in [6.07, 6.45) is 4.01. The summed E-state index contributed by atoms with van der Waals surface area (Å²) in [7, 11) is -0.839. The van der Waals surface area contributed by atoms with E-state index in [-0.39, 0.29) is 0 Å². The molecule has 0 atom stereocenters. The zero-order chi connectivity index (χ0) is 15.0. The fourth-order valence-corrected chi connectivity index (χ4v) is 2.59. The van der Waals surface area contributed by atoms with E-state index in [9.17, 15) is 13.2 Å². The highest BCUT2D eigenvalue weighted by molar-refractivity contribution is 8.32. The Morgan fingerprint density at radius 2 is 1.50 bits per heavy atom. The van der Waals surface area contributed by atoms with E-state index in [1.54, 1.807) is 0 Å². The van der Waals surface area contributed by atoms with E-state index in [0.717, 1.165) is 12.1 Å². The van der Waals surface area contributed by atoms with Gasteiger partial charge in [-0.3, -0.25) is 4.98 Å². The molecule has 2 aromatic rings. The number of hydrogen-bond donors (Lipinski definition) is 0. The molecule has 0 aliphatic heterocycles. The van der Waals surface area contributed by atoms with Gasteiger partial charge in [0.1, 0.15) is 0 Å². The predicted octanol–water partition coefficient (Wildman–Crippen LogP) is 4.82. The zero-order valence-corrected chi connectivity index (χ0v) is 12.3. The van der Waals surface area contributed by atoms with E-state index in [4.69, 9.17) is 0 Å². The monoisotopic (exact) mass is 299 g/mol. The van der Waals surface area contributed by atoms with Gasteiger partial charge in [-0.15, -0.1) is 0 Å². The first-order valence-corrected chi connectivity index (χ1v) is 8.86. The maximum Gasteiger partial charge on any atom is 0.416 e. The van der Waals surface area contributed by atoms with Crippen molar-refractivity contribution < 1.29 is 13.2 Å². The molecule has 1 heterocycles. The first-order chi connectivity index (χ1) is 9.18. The van der Waals surface area contributed by atoms with Crippen molar-refractivity contribution in [3.63, 3.8) is 0 Å². The fourth-order valence-electron chi connectivity index (χ4n) is 1.74. The molecule has 1 aromatic heterocycles. The van der Waals surface area contributed by atoms with Crippen molar-refractivity contribution in [2.24, 2.45) is 0 Å². The Morgan fingerprint density at radius 1 is 0.900 bits per heavy atom. The van der Waals surface area contributed by atoms with Crippen LogP contribution in [0.1, 0.15) is 5.56 Å². The molecule has 0 aliphatic rings. The summed E-state index contributed by atoms with van der Waals surface area (Å²) < 4.78 is 37.5. The zero-order valence-electron chi connectivity index (χ0n) is 11.5. The molecular formula is C15H16F3NS. The molecule has 0 amide bonds. The van der Waals surface area contributed by atoms with Crippen LogP contribution in [0.4, 0.5) is 13.2 Å². The number of aromatic nitrogens is 1. The van der Waals surface area contributed by atoms with E-state index >= 15 is 0 Å². The quantitative estimate of drug-likeness (QED) is 0.774. The van der Waals surface area contributed by atoms with Gasteiger partial charge in [0.25, 0.3) is 0 Å². The van der Waals surface area contributed by atoms with Crippen molar-refractivity contribution in [3.05, 3.63) is 48.2 Å². The Bertz CT molecular complexity index is 525. The van der Waals surface area contributed by atoms with E-state index in [1.807, 2.05) is 18.3 Å². The van der Waals surface area contributed by atoms with Gasteiger partial charge in [0.2, 0.25) is 0 Å². The molecule has 1 nitrogen and oxygen atoms in total. The molecular weight excluding hydrogens is 283 g/mol. The number of nitrogens with zero attached hydrogens (tertiary/aromatic N) is 1. The van der Waals surface area contributed by atoms with Crippen molar-refractivity contribution in [2.75, 3.05) is 18.8 Å². The molecule has 0 spiro atoms. The summed E-state index contributed by atoms with van der Waals surface area (Å²) in [5.74, 6) is 0. The van der Waals surface area contributed by atoms with Gasteiger partial charge in [0.15, 0.2) is 0 Å². The van der Waals surface area contributed by atoms with Crippen molar-refractivity contribution in [2.45, 2.75) is 11.1 Å². The fraction of sp³-hybridized carbons (Fsp3) is 0.267.